The van der Waals surface area contributed by atoms with Crippen LogP contribution < -0.4 is 0 Å². The molecule has 1 aromatic rings. The summed E-state index contributed by atoms with van der Waals surface area (Å²) in [7, 11) is -3.59. The third kappa shape index (κ3) is 3.44. The molecule has 1 heterocycles. The fourth-order valence-electron chi connectivity index (χ4n) is 2.29. The van der Waals surface area contributed by atoms with Gasteiger partial charge in [-0.25, -0.2) is 8.42 Å². The highest BCUT2D eigenvalue weighted by atomic mass is 32.2. The quantitative estimate of drug-likeness (QED) is 0.822. The molecule has 0 aliphatic carbocycles. The molecule has 1 fully saturated rings. The van der Waals surface area contributed by atoms with Crippen molar-refractivity contribution in [3.8, 4) is 11.8 Å². The van der Waals surface area contributed by atoms with Crippen LogP contribution in [0.25, 0.3) is 0 Å². The summed E-state index contributed by atoms with van der Waals surface area (Å²) >= 11 is 0. The average molecular weight is 309 g/mol. The molecule has 0 amide bonds. The molecule has 1 aliphatic rings. The van der Waals surface area contributed by atoms with Gasteiger partial charge in [0, 0.05) is 12.1 Å². The van der Waals surface area contributed by atoms with Crippen molar-refractivity contribution < 1.29 is 18.3 Å². The van der Waals surface area contributed by atoms with E-state index in [0.717, 1.165) is 0 Å². The second-order valence-corrected chi connectivity index (χ2v) is 7.29. The highest BCUT2D eigenvalue weighted by Crippen LogP contribution is 2.27. The Hall–Kier alpha value is -1.39. The fraction of sp³-hybridized carbons (Fsp3) is 0.467. The molecule has 2 rings (SSSR count). The minimum Gasteiger partial charge on any atom is -0.384 e. The van der Waals surface area contributed by atoms with Crippen LogP contribution in [0.2, 0.25) is 0 Å². The summed E-state index contributed by atoms with van der Waals surface area (Å²) in [5.74, 6) is 5.24. The zero-order valence-electron chi connectivity index (χ0n) is 12.2. The maximum atomic E-state index is 12.8. The first kappa shape index (κ1) is 16.0. The molecule has 0 spiro atoms. The molecule has 0 radical (unpaired) electrons. The van der Waals surface area contributed by atoms with Gasteiger partial charge in [-0.15, -0.1) is 0 Å². The Morgan fingerprint density at radius 2 is 2.19 bits per heavy atom. The van der Waals surface area contributed by atoms with Crippen LogP contribution in [-0.4, -0.2) is 49.7 Å². The predicted octanol–water partition coefficient (Wildman–Crippen LogP) is 0.830. The van der Waals surface area contributed by atoms with Crippen LogP contribution in [0, 0.1) is 11.8 Å². The summed E-state index contributed by atoms with van der Waals surface area (Å²) in [5, 5.41) is 8.72. The maximum Gasteiger partial charge on any atom is 0.243 e. The Balaban J connectivity index is 2.39. The Kier molecular flexibility index (Phi) is 4.69. The van der Waals surface area contributed by atoms with E-state index in [-0.39, 0.29) is 11.5 Å². The largest absolute Gasteiger partial charge is 0.384 e. The first-order valence-electron chi connectivity index (χ1n) is 6.68. The van der Waals surface area contributed by atoms with Crippen molar-refractivity contribution >= 4 is 10.0 Å². The zero-order valence-corrected chi connectivity index (χ0v) is 13.0. The molecule has 0 unspecified atom stereocenters. The van der Waals surface area contributed by atoms with Crippen LogP contribution in [0.15, 0.2) is 29.2 Å². The van der Waals surface area contributed by atoms with Gasteiger partial charge in [-0.1, -0.05) is 17.9 Å². The second-order valence-electron chi connectivity index (χ2n) is 5.43. The molecular formula is C15H19NO4S. The molecule has 0 atom stereocenters. The number of nitrogens with zero attached hydrogens (tertiary/aromatic N) is 1. The van der Waals surface area contributed by atoms with Crippen LogP contribution in [0.4, 0.5) is 0 Å². The van der Waals surface area contributed by atoms with E-state index < -0.39 is 15.6 Å². The van der Waals surface area contributed by atoms with Crippen molar-refractivity contribution in [2.45, 2.75) is 24.3 Å². The van der Waals surface area contributed by atoms with Gasteiger partial charge in [-0.3, -0.25) is 0 Å². The molecule has 1 aliphatic heterocycles. The Morgan fingerprint density at radius 3 is 2.86 bits per heavy atom. The number of sulfonamides is 1. The maximum absolute atomic E-state index is 12.8. The minimum absolute atomic E-state index is 0.210. The van der Waals surface area contributed by atoms with Crippen molar-refractivity contribution in [1.82, 2.24) is 4.31 Å². The molecule has 21 heavy (non-hydrogen) atoms. The van der Waals surface area contributed by atoms with Gasteiger partial charge in [0.05, 0.1) is 23.6 Å². The van der Waals surface area contributed by atoms with E-state index in [1.165, 1.54) is 10.4 Å². The standard InChI is InChI=1S/C15H19NO4S/c1-15(2)12-20-10-8-16(15)21(18,19)14-7-3-5-13(11-14)6-4-9-17/h3,5,7,11,17H,8-10,12H2,1-2H3. The minimum atomic E-state index is -3.59. The smallest absolute Gasteiger partial charge is 0.243 e. The summed E-state index contributed by atoms with van der Waals surface area (Å²) in [6, 6.07) is 6.46. The molecule has 114 valence electrons. The molecule has 5 nitrogen and oxygen atoms in total. The normalized spacial score (nSPS) is 18.8. The third-order valence-electron chi connectivity index (χ3n) is 3.30. The number of hydrogen-bond donors (Lipinski definition) is 1. The summed E-state index contributed by atoms with van der Waals surface area (Å²) in [6.07, 6.45) is 0. The number of rotatable bonds is 2. The van der Waals surface area contributed by atoms with Crippen molar-refractivity contribution in [3.63, 3.8) is 0 Å². The number of aliphatic hydroxyl groups excluding tert-OH is 1. The monoisotopic (exact) mass is 309 g/mol. The number of hydrogen-bond acceptors (Lipinski definition) is 4. The molecule has 0 bridgehead atoms. The van der Waals surface area contributed by atoms with Gasteiger partial charge >= 0.3 is 0 Å². The van der Waals surface area contributed by atoms with Gasteiger partial charge in [0.25, 0.3) is 0 Å². The lowest BCUT2D eigenvalue weighted by atomic mass is 10.1. The van der Waals surface area contributed by atoms with E-state index in [4.69, 9.17) is 9.84 Å². The van der Waals surface area contributed by atoms with Crippen molar-refractivity contribution in [3.05, 3.63) is 29.8 Å². The summed E-state index contributed by atoms with van der Waals surface area (Å²) in [6.45, 7) is 4.54. The third-order valence-corrected chi connectivity index (χ3v) is 5.41. The number of ether oxygens (including phenoxy) is 1. The van der Waals surface area contributed by atoms with Gasteiger partial charge < -0.3 is 9.84 Å². The van der Waals surface area contributed by atoms with Crippen molar-refractivity contribution in [2.24, 2.45) is 0 Å². The topological polar surface area (TPSA) is 66.8 Å². The Labute approximate surface area is 125 Å². The van der Waals surface area contributed by atoms with Crippen LogP contribution in [0.1, 0.15) is 19.4 Å². The van der Waals surface area contributed by atoms with E-state index in [1.54, 1.807) is 18.2 Å². The molecule has 6 heteroatoms. The Bertz CT molecular complexity index is 670. The van der Waals surface area contributed by atoms with Crippen LogP contribution in [-0.2, 0) is 14.8 Å². The number of aliphatic hydroxyl groups is 1. The molecule has 1 aromatic carbocycles. The lowest BCUT2D eigenvalue weighted by Crippen LogP contribution is -2.55. The van der Waals surface area contributed by atoms with Gasteiger partial charge in [0.15, 0.2) is 0 Å². The van der Waals surface area contributed by atoms with E-state index >= 15 is 0 Å². The van der Waals surface area contributed by atoms with Crippen LogP contribution in [0.5, 0.6) is 0 Å². The average Bonchev–Trinajstić information content (AvgIpc) is 2.44. The van der Waals surface area contributed by atoms with E-state index in [0.29, 0.717) is 25.3 Å². The lowest BCUT2D eigenvalue weighted by Gasteiger charge is -2.40. The first-order valence-corrected chi connectivity index (χ1v) is 8.12. The molecule has 1 N–H and O–H groups in total. The molecule has 0 aromatic heterocycles. The highest BCUT2D eigenvalue weighted by Gasteiger charge is 2.39. The fourth-order valence-corrected chi connectivity index (χ4v) is 4.09. The Morgan fingerprint density at radius 1 is 1.43 bits per heavy atom. The highest BCUT2D eigenvalue weighted by molar-refractivity contribution is 7.89. The first-order chi connectivity index (χ1) is 9.88. The zero-order chi connectivity index (χ0) is 15.5. The molecule has 0 saturated carbocycles. The van der Waals surface area contributed by atoms with Crippen molar-refractivity contribution in [2.75, 3.05) is 26.4 Å². The number of morpholine rings is 1. The van der Waals surface area contributed by atoms with Gasteiger partial charge in [-0.2, -0.15) is 4.31 Å². The summed E-state index contributed by atoms with van der Waals surface area (Å²) in [4.78, 5) is 0.210. The second kappa shape index (κ2) is 6.16. The summed E-state index contributed by atoms with van der Waals surface area (Å²) < 4.78 is 32.4. The van der Waals surface area contributed by atoms with Crippen molar-refractivity contribution in [1.29, 1.82) is 0 Å². The summed E-state index contributed by atoms with van der Waals surface area (Å²) in [5.41, 5.74) is -0.0136. The lowest BCUT2D eigenvalue weighted by molar-refractivity contribution is -0.00770. The van der Waals surface area contributed by atoms with Crippen LogP contribution in [0.3, 0.4) is 0 Å². The van der Waals surface area contributed by atoms with Gasteiger partial charge in [0.2, 0.25) is 10.0 Å². The van der Waals surface area contributed by atoms with E-state index in [2.05, 4.69) is 11.8 Å². The van der Waals surface area contributed by atoms with E-state index in [9.17, 15) is 8.42 Å². The molecule has 1 saturated heterocycles. The van der Waals surface area contributed by atoms with Gasteiger partial charge in [-0.05, 0) is 32.0 Å². The SMILES string of the molecule is CC1(C)COCCN1S(=O)(=O)c1cccc(C#CCO)c1. The number of benzene rings is 1. The predicted molar refractivity (Wildman–Crippen MR) is 79.2 cm³/mol. The molecular weight excluding hydrogens is 290 g/mol. The van der Waals surface area contributed by atoms with Gasteiger partial charge in [0.1, 0.15) is 6.61 Å². The van der Waals surface area contributed by atoms with Crippen LogP contribution >= 0.6 is 0 Å². The van der Waals surface area contributed by atoms with E-state index in [1.807, 2.05) is 13.8 Å².